The number of nitrogens with zero attached hydrogens (tertiary/aromatic N) is 3. The van der Waals surface area contributed by atoms with Crippen LogP contribution in [0, 0.1) is 18.8 Å². The second-order valence-corrected chi connectivity index (χ2v) is 6.42. The first-order chi connectivity index (χ1) is 10.0. The molecular weight excluding hydrogens is 270 g/mol. The van der Waals surface area contributed by atoms with Crippen LogP contribution >= 0.6 is 0 Å². The van der Waals surface area contributed by atoms with E-state index in [0.29, 0.717) is 29.4 Å². The van der Waals surface area contributed by atoms with E-state index in [1.54, 1.807) is 13.0 Å². The number of rotatable bonds is 3. The minimum Gasteiger partial charge on any atom is -0.376 e. The largest absolute Gasteiger partial charge is 0.376 e. The number of aromatic nitrogens is 1. The normalized spacial score (nSPS) is 29.0. The van der Waals surface area contributed by atoms with Crippen molar-refractivity contribution in [3.05, 3.63) is 17.5 Å². The summed E-state index contributed by atoms with van der Waals surface area (Å²) in [7, 11) is 4.14. The lowest BCUT2D eigenvalue weighted by atomic mass is 9.84. The van der Waals surface area contributed by atoms with Gasteiger partial charge in [-0.1, -0.05) is 5.16 Å². The molecule has 6 heteroatoms. The van der Waals surface area contributed by atoms with E-state index in [1.165, 1.54) is 0 Å². The van der Waals surface area contributed by atoms with Crippen LogP contribution in [0.4, 0.5) is 0 Å². The highest BCUT2D eigenvalue weighted by Crippen LogP contribution is 2.35. The number of ether oxygens (including phenoxy) is 1. The van der Waals surface area contributed by atoms with Gasteiger partial charge in [-0.25, -0.2) is 0 Å². The molecule has 0 spiro atoms. The molecule has 0 aromatic carbocycles. The monoisotopic (exact) mass is 293 g/mol. The lowest BCUT2D eigenvalue weighted by molar-refractivity contribution is 0.0548. The van der Waals surface area contributed by atoms with Crippen LogP contribution in [0.1, 0.15) is 22.7 Å². The van der Waals surface area contributed by atoms with Crippen molar-refractivity contribution in [1.82, 2.24) is 15.0 Å². The Bertz CT molecular complexity index is 514. The first-order valence-electron chi connectivity index (χ1n) is 7.53. The molecule has 0 bridgehead atoms. The Kier molecular flexibility index (Phi) is 3.99. The van der Waals surface area contributed by atoms with Crippen LogP contribution in [0.15, 0.2) is 10.6 Å². The van der Waals surface area contributed by atoms with Crippen molar-refractivity contribution in [2.45, 2.75) is 19.4 Å². The highest BCUT2D eigenvalue weighted by molar-refractivity contribution is 5.92. The van der Waals surface area contributed by atoms with E-state index in [2.05, 4.69) is 24.2 Å². The van der Waals surface area contributed by atoms with Crippen LogP contribution in [0.3, 0.4) is 0 Å². The quantitative estimate of drug-likeness (QED) is 0.833. The van der Waals surface area contributed by atoms with Crippen LogP contribution in [-0.2, 0) is 4.74 Å². The smallest absolute Gasteiger partial charge is 0.276 e. The Labute approximate surface area is 125 Å². The lowest BCUT2D eigenvalue weighted by Gasteiger charge is -2.35. The summed E-state index contributed by atoms with van der Waals surface area (Å²) in [6.45, 7) is 5.05. The minimum atomic E-state index is -0.0265. The summed E-state index contributed by atoms with van der Waals surface area (Å²) in [5, 5.41) is 3.83. The Hall–Kier alpha value is -1.40. The minimum absolute atomic E-state index is 0.0265. The van der Waals surface area contributed by atoms with E-state index in [4.69, 9.17) is 9.26 Å². The van der Waals surface area contributed by atoms with Crippen molar-refractivity contribution in [3.63, 3.8) is 0 Å². The first-order valence-corrected chi connectivity index (χ1v) is 7.53. The highest BCUT2D eigenvalue weighted by Gasteiger charge is 2.42. The van der Waals surface area contributed by atoms with E-state index in [-0.39, 0.29) is 5.91 Å². The van der Waals surface area contributed by atoms with Crippen LogP contribution in [-0.4, -0.2) is 67.3 Å². The lowest BCUT2D eigenvalue weighted by Crippen LogP contribution is -2.45. The Morgan fingerprint density at radius 2 is 2.33 bits per heavy atom. The zero-order chi connectivity index (χ0) is 15.0. The highest BCUT2D eigenvalue weighted by atomic mass is 16.5. The van der Waals surface area contributed by atoms with E-state index in [9.17, 15) is 4.79 Å². The summed E-state index contributed by atoms with van der Waals surface area (Å²) < 4.78 is 10.9. The number of aryl methyl sites for hydroxylation is 1. The van der Waals surface area contributed by atoms with Gasteiger partial charge in [-0.2, -0.15) is 0 Å². The summed E-state index contributed by atoms with van der Waals surface area (Å²) >= 11 is 0. The van der Waals surface area contributed by atoms with Gasteiger partial charge in [0.15, 0.2) is 5.69 Å². The maximum absolute atomic E-state index is 12.4. The molecule has 3 heterocycles. The number of likely N-dealkylation sites (N-methyl/N-ethyl adjacent to an activating group) is 1. The van der Waals surface area contributed by atoms with Gasteiger partial charge in [0.05, 0.1) is 12.7 Å². The number of carbonyl (C=O) groups excluding carboxylic acids is 1. The Morgan fingerprint density at radius 1 is 1.52 bits per heavy atom. The number of fused-ring (bicyclic) bond motifs is 1. The predicted octanol–water partition coefficient (Wildman–Crippen LogP) is 1.02. The fourth-order valence-electron chi connectivity index (χ4n) is 3.45. The molecule has 1 aromatic rings. The van der Waals surface area contributed by atoms with Gasteiger partial charge in [-0.05, 0) is 33.4 Å². The fraction of sp³-hybridized carbons (Fsp3) is 0.733. The van der Waals surface area contributed by atoms with Gasteiger partial charge in [0.1, 0.15) is 5.76 Å². The average Bonchev–Trinajstić information content (AvgIpc) is 3.04. The molecule has 2 saturated heterocycles. The molecule has 2 aliphatic heterocycles. The first kappa shape index (κ1) is 14.5. The molecule has 2 fully saturated rings. The molecular formula is C15H23N3O3. The molecule has 3 rings (SSSR count). The van der Waals surface area contributed by atoms with Gasteiger partial charge in [-0.3, -0.25) is 4.79 Å². The van der Waals surface area contributed by atoms with Crippen LogP contribution in [0.2, 0.25) is 0 Å². The van der Waals surface area contributed by atoms with Gasteiger partial charge in [-0.15, -0.1) is 0 Å². The number of likely N-dealkylation sites (tertiary alicyclic amines) is 1. The van der Waals surface area contributed by atoms with E-state index in [1.807, 2.05) is 4.90 Å². The van der Waals surface area contributed by atoms with Crippen molar-refractivity contribution in [2.75, 3.05) is 40.3 Å². The van der Waals surface area contributed by atoms with Gasteiger partial charge >= 0.3 is 0 Å². The molecule has 1 aromatic heterocycles. The maximum Gasteiger partial charge on any atom is 0.276 e. The topological polar surface area (TPSA) is 58.8 Å². The second-order valence-electron chi connectivity index (χ2n) is 6.42. The molecule has 0 unspecified atom stereocenters. The summed E-state index contributed by atoms with van der Waals surface area (Å²) in [5.41, 5.74) is 0.412. The van der Waals surface area contributed by atoms with E-state index in [0.717, 1.165) is 32.7 Å². The molecule has 0 saturated carbocycles. The summed E-state index contributed by atoms with van der Waals surface area (Å²) in [6, 6.07) is 1.70. The van der Waals surface area contributed by atoms with Crippen molar-refractivity contribution in [2.24, 2.45) is 11.8 Å². The zero-order valence-corrected chi connectivity index (χ0v) is 12.9. The van der Waals surface area contributed by atoms with Crippen molar-refractivity contribution < 1.29 is 14.1 Å². The molecule has 116 valence electrons. The maximum atomic E-state index is 12.4. The molecule has 6 nitrogen and oxygen atoms in total. The molecule has 1 amide bonds. The third kappa shape index (κ3) is 2.96. The van der Waals surface area contributed by atoms with Crippen molar-refractivity contribution >= 4 is 5.91 Å². The summed E-state index contributed by atoms with van der Waals surface area (Å²) in [6.07, 6.45) is 1.31. The number of hydrogen-bond donors (Lipinski definition) is 0. The van der Waals surface area contributed by atoms with Crippen LogP contribution in [0.5, 0.6) is 0 Å². The number of hydrogen-bond acceptors (Lipinski definition) is 5. The standard InChI is InChI=1S/C15H23N3O3/c1-10-6-13(16-21-10)15(19)18-5-4-12-11(7-18)9-20-14(12)8-17(2)3/h6,11-12,14H,4-5,7-9H2,1-3H3/t11-,12-,14+/m0/s1. The van der Waals surface area contributed by atoms with E-state index >= 15 is 0 Å². The van der Waals surface area contributed by atoms with E-state index < -0.39 is 0 Å². The third-order valence-electron chi connectivity index (χ3n) is 4.47. The summed E-state index contributed by atoms with van der Waals surface area (Å²) in [5.74, 6) is 1.65. The Morgan fingerprint density at radius 3 is 3.00 bits per heavy atom. The molecule has 0 N–H and O–H groups in total. The fourth-order valence-corrected chi connectivity index (χ4v) is 3.45. The molecule has 0 radical (unpaired) electrons. The average molecular weight is 293 g/mol. The van der Waals surface area contributed by atoms with Crippen molar-refractivity contribution in [3.8, 4) is 0 Å². The third-order valence-corrected chi connectivity index (χ3v) is 4.47. The van der Waals surface area contributed by atoms with Crippen molar-refractivity contribution in [1.29, 1.82) is 0 Å². The molecule has 0 aliphatic carbocycles. The van der Waals surface area contributed by atoms with Crippen LogP contribution < -0.4 is 0 Å². The van der Waals surface area contributed by atoms with Crippen LogP contribution in [0.25, 0.3) is 0 Å². The van der Waals surface area contributed by atoms with Gasteiger partial charge < -0.3 is 19.1 Å². The molecule has 21 heavy (non-hydrogen) atoms. The number of piperidine rings is 1. The van der Waals surface area contributed by atoms with Gasteiger partial charge in [0.2, 0.25) is 0 Å². The predicted molar refractivity (Wildman–Crippen MR) is 77.0 cm³/mol. The SMILES string of the molecule is Cc1cc(C(=O)N2CC[C@H]3[C@H](CO[C@@H]3CN(C)C)C2)no1. The van der Waals surface area contributed by atoms with Gasteiger partial charge in [0.25, 0.3) is 5.91 Å². The second kappa shape index (κ2) is 5.77. The molecule has 3 atom stereocenters. The number of amides is 1. The number of carbonyl (C=O) groups is 1. The van der Waals surface area contributed by atoms with Gasteiger partial charge in [0, 0.05) is 31.6 Å². The zero-order valence-electron chi connectivity index (χ0n) is 12.9. The Balaban J connectivity index is 1.62. The molecule has 2 aliphatic rings. The summed E-state index contributed by atoms with van der Waals surface area (Å²) in [4.78, 5) is 16.5.